The molecule has 134 valence electrons. The summed E-state index contributed by atoms with van der Waals surface area (Å²) in [5.41, 5.74) is 3.80. The van der Waals surface area contributed by atoms with E-state index >= 15 is 0 Å². The average molecular weight is 351 g/mol. The summed E-state index contributed by atoms with van der Waals surface area (Å²) in [5.74, 6) is -0.677. The molecule has 0 saturated carbocycles. The summed E-state index contributed by atoms with van der Waals surface area (Å²) in [6.07, 6.45) is 2.64. The van der Waals surface area contributed by atoms with Crippen molar-refractivity contribution < 1.29 is 14.3 Å². The van der Waals surface area contributed by atoms with Gasteiger partial charge in [0.1, 0.15) is 11.3 Å². The normalized spacial score (nSPS) is 10.7. The minimum absolute atomic E-state index is 0.278. The number of amides is 1. The highest BCUT2D eigenvalue weighted by Gasteiger charge is 2.17. The Morgan fingerprint density at radius 1 is 1.19 bits per heavy atom. The topological polar surface area (TPSA) is 72.7 Å². The molecule has 3 rings (SSSR count). The van der Waals surface area contributed by atoms with E-state index in [4.69, 9.17) is 4.74 Å². The molecule has 0 atom stereocenters. The number of carbonyl (C=O) groups is 2. The minimum Gasteiger partial charge on any atom is -0.462 e. The second-order valence-corrected chi connectivity index (χ2v) is 6.15. The zero-order valence-electron chi connectivity index (χ0n) is 15.1. The monoisotopic (exact) mass is 351 g/mol. The molecule has 0 radical (unpaired) electrons. The van der Waals surface area contributed by atoms with Crippen LogP contribution in [0, 0.1) is 13.8 Å². The largest absolute Gasteiger partial charge is 0.462 e. The SMILES string of the molecule is CCCOC(=O)c1cccc(NC(=O)c2c(C)nc3ccc(C)cn23)c1. The van der Waals surface area contributed by atoms with Crippen molar-refractivity contribution >= 4 is 23.2 Å². The summed E-state index contributed by atoms with van der Waals surface area (Å²) in [6, 6.07) is 10.6. The van der Waals surface area contributed by atoms with Crippen LogP contribution in [0.3, 0.4) is 0 Å². The molecule has 2 heterocycles. The van der Waals surface area contributed by atoms with E-state index in [0.29, 0.717) is 29.2 Å². The fourth-order valence-electron chi connectivity index (χ4n) is 2.73. The first-order valence-electron chi connectivity index (χ1n) is 8.53. The van der Waals surface area contributed by atoms with Gasteiger partial charge in [-0.25, -0.2) is 9.78 Å². The Bertz CT molecular complexity index is 976. The van der Waals surface area contributed by atoms with Gasteiger partial charge in [0.05, 0.1) is 17.9 Å². The highest BCUT2D eigenvalue weighted by molar-refractivity contribution is 6.05. The molecule has 6 heteroatoms. The summed E-state index contributed by atoms with van der Waals surface area (Å²) >= 11 is 0. The summed E-state index contributed by atoms with van der Waals surface area (Å²) in [4.78, 5) is 29.2. The van der Waals surface area contributed by atoms with Gasteiger partial charge in [-0.05, 0) is 50.1 Å². The highest BCUT2D eigenvalue weighted by atomic mass is 16.5. The van der Waals surface area contributed by atoms with Crippen LogP contribution in [0.2, 0.25) is 0 Å². The average Bonchev–Trinajstić information content (AvgIpc) is 2.94. The van der Waals surface area contributed by atoms with Crippen LogP contribution in [0.1, 0.15) is 45.4 Å². The van der Waals surface area contributed by atoms with Crippen LogP contribution >= 0.6 is 0 Å². The van der Waals surface area contributed by atoms with Crippen molar-refractivity contribution in [3.8, 4) is 0 Å². The summed E-state index contributed by atoms with van der Waals surface area (Å²) in [7, 11) is 0. The summed E-state index contributed by atoms with van der Waals surface area (Å²) in [6.45, 7) is 6.07. The molecule has 3 aromatic rings. The first kappa shape index (κ1) is 17.7. The van der Waals surface area contributed by atoms with Crippen LogP contribution in [0.25, 0.3) is 5.65 Å². The molecular formula is C20H21N3O3. The molecule has 0 bridgehead atoms. The second kappa shape index (κ2) is 7.39. The Balaban J connectivity index is 1.86. The molecule has 6 nitrogen and oxygen atoms in total. The Kier molecular flexibility index (Phi) is 5.02. The maximum atomic E-state index is 12.8. The summed E-state index contributed by atoms with van der Waals surface area (Å²) < 4.78 is 6.91. The number of benzene rings is 1. The van der Waals surface area contributed by atoms with Gasteiger partial charge < -0.3 is 10.1 Å². The molecule has 1 amide bonds. The van der Waals surface area contributed by atoms with Gasteiger partial charge in [0.2, 0.25) is 0 Å². The van der Waals surface area contributed by atoms with Crippen molar-refractivity contribution in [3.05, 3.63) is 65.1 Å². The lowest BCUT2D eigenvalue weighted by Crippen LogP contribution is -2.16. The second-order valence-electron chi connectivity index (χ2n) is 6.15. The summed E-state index contributed by atoms with van der Waals surface area (Å²) in [5, 5.41) is 2.84. The van der Waals surface area contributed by atoms with Crippen molar-refractivity contribution in [1.29, 1.82) is 0 Å². The van der Waals surface area contributed by atoms with E-state index in [1.54, 1.807) is 35.6 Å². The fraction of sp³-hybridized carbons (Fsp3) is 0.250. The molecule has 0 spiro atoms. The van der Waals surface area contributed by atoms with Gasteiger partial charge >= 0.3 is 5.97 Å². The molecule has 26 heavy (non-hydrogen) atoms. The maximum absolute atomic E-state index is 12.8. The van der Waals surface area contributed by atoms with E-state index < -0.39 is 5.97 Å². The molecule has 2 aromatic heterocycles. The number of nitrogens with one attached hydrogen (secondary N) is 1. The van der Waals surface area contributed by atoms with Gasteiger partial charge in [-0.15, -0.1) is 0 Å². The molecule has 0 aliphatic carbocycles. The number of fused-ring (bicyclic) bond motifs is 1. The van der Waals surface area contributed by atoms with Gasteiger partial charge in [0.15, 0.2) is 0 Å². The standard InChI is InChI=1S/C20H21N3O3/c1-4-10-26-20(25)15-6-5-7-16(11-15)22-19(24)18-14(3)21-17-9-8-13(2)12-23(17)18/h5-9,11-12H,4,10H2,1-3H3,(H,22,24). The molecule has 0 aliphatic heterocycles. The fourth-order valence-corrected chi connectivity index (χ4v) is 2.73. The van der Waals surface area contributed by atoms with Gasteiger partial charge in [0, 0.05) is 11.9 Å². The number of aromatic nitrogens is 2. The lowest BCUT2D eigenvalue weighted by atomic mass is 10.2. The third-order valence-electron chi connectivity index (χ3n) is 3.95. The zero-order chi connectivity index (χ0) is 18.7. The molecule has 0 fully saturated rings. The van der Waals surface area contributed by atoms with Gasteiger partial charge in [0.25, 0.3) is 5.91 Å². The Morgan fingerprint density at radius 2 is 2.00 bits per heavy atom. The molecular weight excluding hydrogens is 330 g/mol. The van der Waals surface area contributed by atoms with E-state index in [1.165, 1.54) is 0 Å². The molecule has 1 N–H and O–H groups in total. The number of imidazole rings is 1. The van der Waals surface area contributed by atoms with Gasteiger partial charge in [-0.2, -0.15) is 0 Å². The third kappa shape index (κ3) is 3.59. The number of ether oxygens (including phenoxy) is 1. The number of hydrogen-bond donors (Lipinski definition) is 1. The number of pyridine rings is 1. The number of hydrogen-bond acceptors (Lipinski definition) is 4. The predicted molar refractivity (Wildman–Crippen MR) is 99.6 cm³/mol. The van der Waals surface area contributed by atoms with E-state index in [-0.39, 0.29) is 5.91 Å². The predicted octanol–water partition coefficient (Wildman–Crippen LogP) is 3.77. The number of anilines is 1. The van der Waals surface area contributed by atoms with Crippen LogP contribution in [-0.4, -0.2) is 27.9 Å². The number of esters is 1. The smallest absolute Gasteiger partial charge is 0.338 e. The number of carbonyl (C=O) groups excluding carboxylic acids is 2. The number of rotatable bonds is 5. The highest BCUT2D eigenvalue weighted by Crippen LogP contribution is 2.17. The molecule has 0 saturated heterocycles. The van der Waals surface area contributed by atoms with Crippen LogP contribution in [0.4, 0.5) is 5.69 Å². The van der Waals surface area contributed by atoms with Crippen molar-refractivity contribution in [2.45, 2.75) is 27.2 Å². The zero-order valence-corrected chi connectivity index (χ0v) is 15.1. The quantitative estimate of drug-likeness (QED) is 0.710. The first-order valence-corrected chi connectivity index (χ1v) is 8.53. The van der Waals surface area contributed by atoms with E-state index in [1.807, 2.05) is 32.2 Å². The first-order chi connectivity index (χ1) is 12.5. The lowest BCUT2D eigenvalue weighted by molar-refractivity contribution is 0.0505. The van der Waals surface area contributed by atoms with Crippen molar-refractivity contribution in [2.24, 2.45) is 0 Å². The number of nitrogens with zero attached hydrogens (tertiary/aromatic N) is 2. The Morgan fingerprint density at radius 3 is 2.77 bits per heavy atom. The van der Waals surface area contributed by atoms with Crippen LogP contribution < -0.4 is 5.32 Å². The number of aryl methyl sites for hydroxylation is 2. The molecule has 0 aliphatic rings. The van der Waals surface area contributed by atoms with E-state index in [0.717, 1.165) is 17.6 Å². The van der Waals surface area contributed by atoms with Crippen molar-refractivity contribution in [1.82, 2.24) is 9.38 Å². The van der Waals surface area contributed by atoms with E-state index in [2.05, 4.69) is 10.3 Å². The van der Waals surface area contributed by atoms with Crippen LogP contribution in [-0.2, 0) is 4.74 Å². The minimum atomic E-state index is -0.399. The van der Waals surface area contributed by atoms with E-state index in [9.17, 15) is 9.59 Å². The van der Waals surface area contributed by atoms with Crippen molar-refractivity contribution in [3.63, 3.8) is 0 Å². The van der Waals surface area contributed by atoms with Gasteiger partial charge in [-0.3, -0.25) is 9.20 Å². The van der Waals surface area contributed by atoms with Crippen LogP contribution in [0.5, 0.6) is 0 Å². The van der Waals surface area contributed by atoms with Crippen LogP contribution in [0.15, 0.2) is 42.6 Å². The Hall–Kier alpha value is -3.15. The van der Waals surface area contributed by atoms with Crippen molar-refractivity contribution in [2.75, 3.05) is 11.9 Å². The Labute approximate surface area is 151 Å². The van der Waals surface area contributed by atoms with Gasteiger partial charge in [-0.1, -0.05) is 19.1 Å². The molecule has 0 unspecified atom stereocenters. The molecule has 1 aromatic carbocycles. The third-order valence-corrected chi connectivity index (χ3v) is 3.95. The lowest BCUT2D eigenvalue weighted by Gasteiger charge is -2.08. The maximum Gasteiger partial charge on any atom is 0.338 e.